The van der Waals surface area contributed by atoms with Crippen molar-refractivity contribution in [1.82, 2.24) is 10.3 Å². The first-order chi connectivity index (χ1) is 15.4. The number of hydrogen-bond donors (Lipinski definition) is 7. The summed E-state index contributed by atoms with van der Waals surface area (Å²) in [6.07, 6.45) is 2.10. The minimum Gasteiger partial charge on any atom is -0.495 e. The van der Waals surface area contributed by atoms with E-state index in [4.69, 9.17) is 9.47 Å². The van der Waals surface area contributed by atoms with Crippen LogP contribution in [0.25, 0.3) is 0 Å². The number of pyridine rings is 1. The fourth-order valence-corrected chi connectivity index (χ4v) is 6.03. The summed E-state index contributed by atoms with van der Waals surface area (Å²) in [6.45, 7) is 0.415. The third kappa shape index (κ3) is 4.53. The van der Waals surface area contributed by atoms with Gasteiger partial charge in [0.15, 0.2) is 0 Å². The SMILES string of the molecule is COc1ccsc1C(O)(O)NCC[C@@]1(c2ccccn2)CCOC2(CC(O)(O)C(O)(O)C2)C1. The Kier molecular flexibility index (Phi) is 6.32. The molecule has 182 valence electrons. The summed E-state index contributed by atoms with van der Waals surface area (Å²) in [4.78, 5) is 4.75. The second kappa shape index (κ2) is 8.52. The molecule has 33 heavy (non-hydrogen) atoms. The Morgan fingerprint density at radius 2 is 1.85 bits per heavy atom. The van der Waals surface area contributed by atoms with Crippen molar-refractivity contribution in [3.05, 3.63) is 46.4 Å². The summed E-state index contributed by atoms with van der Waals surface area (Å²) in [7, 11) is 1.45. The molecule has 0 aromatic carbocycles. The van der Waals surface area contributed by atoms with Gasteiger partial charge in [-0.2, -0.15) is 0 Å². The Balaban J connectivity index is 1.58. The van der Waals surface area contributed by atoms with E-state index in [-0.39, 0.29) is 37.3 Å². The third-order valence-electron chi connectivity index (χ3n) is 6.78. The van der Waals surface area contributed by atoms with Crippen molar-refractivity contribution in [3.8, 4) is 5.75 Å². The molecule has 10 nitrogen and oxygen atoms in total. The predicted molar refractivity (Wildman–Crippen MR) is 117 cm³/mol. The lowest BCUT2D eigenvalue weighted by Crippen LogP contribution is -2.50. The number of aliphatic hydroxyl groups is 6. The highest BCUT2D eigenvalue weighted by Crippen LogP contribution is 2.54. The third-order valence-corrected chi connectivity index (χ3v) is 7.77. The van der Waals surface area contributed by atoms with Crippen molar-refractivity contribution < 1.29 is 40.1 Å². The number of nitrogens with one attached hydrogen (secondary N) is 1. The molecule has 0 amide bonds. The first kappa shape index (κ1) is 24.5. The standard InChI is InChI=1S/C22H30N2O8S/c1-31-15-5-11-33-17(15)22(29,30)24-9-6-18(16-4-2-3-8-23-16)7-10-32-19(12-18)13-20(25,26)21(27,28)14-19/h2-5,8,11,24-30H,6-7,9-10,12-14H2,1H3/t18-/m1/s1. The Morgan fingerprint density at radius 1 is 1.12 bits per heavy atom. The number of ether oxygens (including phenoxy) is 2. The average molecular weight is 483 g/mol. The summed E-state index contributed by atoms with van der Waals surface area (Å²) < 4.78 is 11.1. The summed E-state index contributed by atoms with van der Waals surface area (Å²) >= 11 is 1.15. The van der Waals surface area contributed by atoms with E-state index in [1.165, 1.54) is 7.11 Å². The van der Waals surface area contributed by atoms with E-state index in [0.717, 1.165) is 17.0 Å². The van der Waals surface area contributed by atoms with Crippen molar-refractivity contribution in [2.45, 2.75) is 60.6 Å². The largest absolute Gasteiger partial charge is 0.495 e. The molecule has 2 aromatic rings. The Bertz CT molecular complexity index is 948. The quantitative estimate of drug-likeness (QED) is 0.264. The molecule has 2 aromatic heterocycles. The van der Waals surface area contributed by atoms with Crippen LogP contribution in [-0.2, 0) is 16.1 Å². The van der Waals surface area contributed by atoms with Crippen LogP contribution in [-0.4, -0.2) is 73.1 Å². The molecule has 4 rings (SSSR count). The zero-order chi connectivity index (χ0) is 24.0. The van der Waals surface area contributed by atoms with Crippen LogP contribution >= 0.6 is 11.3 Å². The highest BCUT2D eigenvalue weighted by Gasteiger charge is 2.65. The van der Waals surface area contributed by atoms with E-state index in [2.05, 4.69) is 10.3 Å². The highest BCUT2D eigenvalue weighted by molar-refractivity contribution is 7.10. The van der Waals surface area contributed by atoms with Gasteiger partial charge in [0.1, 0.15) is 10.6 Å². The van der Waals surface area contributed by atoms with Gasteiger partial charge in [-0.15, -0.1) is 11.3 Å². The predicted octanol–water partition coefficient (Wildman–Crippen LogP) is -0.131. The zero-order valence-electron chi connectivity index (χ0n) is 18.3. The van der Waals surface area contributed by atoms with Crippen LogP contribution in [0.1, 0.15) is 42.7 Å². The average Bonchev–Trinajstić information content (AvgIpc) is 3.29. The number of thiophene rings is 1. The fraction of sp³-hybridized carbons (Fsp3) is 0.591. The van der Waals surface area contributed by atoms with Crippen LogP contribution < -0.4 is 10.1 Å². The van der Waals surface area contributed by atoms with Gasteiger partial charge < -0.3 is 40.1 Å². The van der Waals surface area contributed by atoms with Crippen LogP contribution in [0.5, 0.6) is 5.75 Å². The molecule has 3 heterocycles. The summed E-state index contributed by atoms with van der Waals surface area (Å²) in [6, 6.07) is 7.14. The van der Waals surface area contributed by atoms with Crippen molar-refractivity contribution in [3.63, 3.8) is 0 Å². The molecule has 1 atom stereocenters. The van der Waals surface area contributed by atoms with E-state index in [0.29, 0.717) is 18.6 Å². The van der Waals surface area contributed by atoms with Gasteiger partial charge in [0.25, 0.3) is 5.91 Å². The normalized spacial score (nSPS) is 25.9. The molecule has 1 saturated carbocycles. The van der Waals surface area contributed by atoms with Gasteiger partial charge in [0.05, 0.1) is 12.7 Å². The summed E-state index contributed by atoms with van der Waals surface area (Å²) in [5.74, 6) is -7.37. The first-order valence-electron chi connectivity index (χ1n) is 10.7. The number of hydrogen-bond acceptors (Lipinski definition) is 11. The lowest BCUT2D eigenvalue weighted by molar-refractivity contribution is -0.339. The number of methoxy groups -OCH3 is 1. The van der Waals surface area contributed by atoms with Gasteiger partial charge in [0, 0.05) is 43.3 Å². The second-order valence-corrected chi connectivity index (χ2v) is 10.0. The number of nitrogens with zero attached hydrogens (tertiary/aromatic N) is 1. The molecule has 7 N–H and O–H groups in total. The Labute approximate surface area is 195 Å². The van der Waals surface area contributed by atoms with Crippen LogP contribution in [0.4, 0.5) is 0 Å². The van der Waals surface area contributed by atoms with E-state index in [9.17, 15) is 30.6 Å². The molecule has 0 unspecified atom stereocenters. The van der Waals surface area contributed by atoms with Crippen molar-refractivity contribution >= 4 is 11.3 Å². The monoisotopic (exact) mass is 482 g/mol. The molecular weight excluding hydrogens is 452 g/mol. The van der Waals surface area contributed by atoms with E-state index >= 15 is 0 Å². The fourth-order valence-electron chi connectivity index (χ4n) is 5.20. The number of aromatic nitrogens is 1. The lowest BCUT2D eigenvalue weighted by atomic mass is 9.67. The van der Waals surface area contributed by atoms with Crippen LogP contribution in [0.15, 0.2) is 35.8 Å². The van der Waals surface area contributed by atoms with Gasteiger partial charge >= 0.3 is 0 Å². The van der Waals surface area contributed by atoms with Gasteiger partial charge in [-0.05, 0) is 42.8 Å². The minimum absolute atomic E-state index is 0.174. The summed E-state index contributed by atoms with van der Waals surface area (Å²) in [5.41, 5.74) is -1.09. The molecule has 1 saturated heterocycles. The van der Waals surface area contributed by atoms with Gasteiger partial charge in [-0.3, -0.25) is 10.3 Å². The maximum Gasteiger partial charge on any atom is 0.264 e. The zero-order valence-corrected chi connectivity index (χ0v) is 19.1. The molecule has 2 fully saturated rings. The lowest BCUT2D eigenvalue weighted by Gasteiger charge is -2.46. The van der Waals surface area contributed by atoms with E-state index in [1.807, 2.05) is 12.1 Å². The molecule has 1 spiro atoms. The number of rotatable bonds is 7. The van der Waals surface area contributed by atoms with E-state index in [1.54, 1.807) is 23.7 Å². The first-order valence-corrected chi connectivity index (χ1v) is 11.6. The molecular formula is C22H30N2O8S. The smallest absolute Gasteiger partial charge is 0.264 e. The van der Waals surface area contributed by atoms with Crippen LogP contribution in [0.2, 0.25) is 0 Å². The van der Waals surface area contributed by atoms with Gasteiger partial charge in [0.2, 0.25) is 11.6 Å². The van der Waals surface area contributed by atoms with Crippen LogP contribution in [0.3, 0.4) is 0 Å². The Morgan fingerprint density at radius 3 is 2.48 bits per heavy atom. The molecule has 11 heteroatoms. The van der Waals surface area contributed by atoms with Gasteiger partial charge in [-0.25, -0.2) is 0 Å². The van der Waals surface area contributed by atoms with E-state index < -0.39 is 28.5 Å². The summed E-state index contributed by atoms with van der Waals surface area (Å²) in [5, 5.41) is 66.4. The van der Waals surface area contributed by atoms with Crippen molar-refractivity contribution in [2.24, 2.45) is 0 Å². The minimum atomic E-state index is -2.71. The van der Waals surface area contributed by atoms with Crippen molar-refractivity contribution in [2.75, 3.05) is 20.3 Å². The van der Waals surface area contributed by atoms with Crippen molar-refractivity contribution in [1.29, 1.82) is 0 Å². The molecule has 0 radical (unpaired) electrons. The topological polar surface area (TPSA) is 165 Å². The maximum absolute atomic E-state index is 10.6. The Hall–Kier alpha value is -1.67. The van der Waals surface area contributed by atoms with Gasteiger partial charge in [-0.1, -0.05) is 6.07 Å². The molecule has 1 aliphatic heterocycles. The molecule has 2 aliphatic rings. The second-order valence-electron chi connectivity index (χ2n) is 9.11. The molecule has 1 aliphatic carbocycles. The van der Waals surface area contributed by atoms with Crippen LogP contribution in [0, 0.1) is 0 Å². The highest BCUT2D eigenvalue weighted by atomic mass is 32.1. The maximum atomic E-state index is 10.6. The molecule has 0 bridgehead atoms.